The number of carbonyl (C=O) groups is 1. The van der Waals surface area contributed by atoms with Gasteiger partial charge in [0.15, 0.2) is 0 Å². The number of carbonyl (C=O) groups excluding carboxylic acids is 1. The van der Waals surface area contributed by atoms with Crippen LogP contribution in [0.3, 0.4) is 0 Å². The van der Waals surface area contributed by atoms with Gasteiger partial charge >= 0.3 is 0 Å². The van der Waals surface area contributed by atoms with Gasteiger partial charge in [-0.3, -0.25) is 4.79 Å². The Labute approximate surface area is 115 Å². The predicted octanol–water partition coefficient (Wildman–Crippen LogP) is 3.28. The van der Waals surface area contributed by atoms with Gasteiger partial charge in [-0.1, -0.05) is 23.7 Å². The Kier molecular flexibility index (Phi) is 3.01. The number of hydrogen-bond donors (Lipinski definition) is 1. The van der Waals surface area contributed by atoms with E-state index in [1.807, 2.05) is 12.1 Å². The molecule has 0 radical (unpaired) electrons. The van der Waals surface area contributed by atoms with Gasteiger partial charge in [-0.05, 0) is 30.0 Å². The number of fused-ring (bicyclic) bond motifs is 1. The predicted molar refractivity (Wildman–Crippen MR) is 68.6 cm³/mol. The molecular weight excluding hydrogens is 272 g/mol. The van der Waals surface area contributed by atoms with Gasteiger partial charge in [-0.15, -0.1) is 0 Å². The number of nitrogens with one attached hydrogen (secondary N) is 1. The zero-order valence-electron chi connectivity index (χ0n) is 10.3. The van der Waals surface area contributed by atoms with E-state index in [-0.39, 0.29) is 24.7 Å². The number of alkyl halides is 2. The molecule has 0 bridgehead atoms. The third-order valence-electron chi connectivity index (χ3n) is 3.95. The number of benzene rings is 1. The summed E-state index contributed by atoms with van der Waals surface area (Å²) in [6, 6.07) is 5.21. The maximum absolute atomic E-state index is 12.7. The van der Waals surface area contributed by atoms with Crippen molar-refractivity contribution >= 4 is 17.5 Å². The zero-order valence-corrected chi connectivity index (χ0v) is 11.0. The quantitative estimate of drug-likeness (QED) is 0.888. The molecule has 2 aliphatic carbocycles. The molecule has 1 amide bonds. The van der Waals surface area contributed by atoms with E-state index in [4.69, 9.17) is 11.6 Å². The van der Waals surface area contributed by atoms with Crippen molar-refractivity contribution in [3.05, 3.63) is 34.3 Å². The van der Waals surface area contributed by atoms with Crippen molar-refractivity contribution in [3.8, 4) is 0 Å². The van der Waals surface area contributed by atoms with E-state index in [0.29, 0.717) is 11.4 Å². The molecule has 1 atom stereocenters. The first-order valence-corrected chi connectivity index (χ1v) is 6.79. The van der Waals surface area contributed by atoms with Crippen LogP contribution in [0.5, 0.6) is 0 Å². The average molecular weight is 286 g/mol. The van der Waals surface area contributed by atoms with Crippen LogP contribution in [0.25, 0.3) is 0 Å². The van der Waals surface area contributed by atoms with E-state index in [0.717, 1.165) is 17.5 Å². The first-order valence-electron chi connectivity index (χ1n) is 6.42. The third-order valence-corrected chi connectivity index (χ3v) is 4.28. The van der Waals surface area contributed by atoms with E-state index in [2.05, 4.69) is 5.32 Å². The summed E-state index contributed by atoms with van der Waals surface area (Å²) >= 11 is 6.14. The van der Waals surface area contributed by atoms with Crippen LogP contribution in [0, 0.1) is 0 Å². The number of aryl methyl sites for hydroxylation is 1. The van der Waals surface area contributed by atoms with Crippen molar-refractivity contribution in [1.29, 1.82) is 0 Å². The van der Waals surface area contributed by atoms with Crippen molar-refractivity contribution < 1.29 is 13.6 Å². The van der Waals surface area contributed by atoms with E-state index in [9.17, 15) is 13.6 Å². The summed E-state index contributed by atoms with van der Waals surface area (Å²) in [6.07, 6.45) is 1.02. The van der Waals surface area contributed by atoms with Crippen molar-refractivity contribution in [2.45, 2.75) is 43.6 Å². The minimum Gasteiger partial charge on any atom is -0.352 e. The lowest BCUT2D eigenvalue weighted by molar-refractivity contribution is -0.130. The number of amides is 1. The van der Waals surface area contributed by atoms with Crippen molar-refractivity contribution in [1.82, 2.24) is 5.32 Å². The Morgan fingerprint density at radius 2 is 2.11 bits per heavy atom. The summed E-state index contributed by atoms with van der Waals surface area (Å²) in [5.41, 5.74) is 1.96. The molecule has 0 heterocycles. The van der Waals surface area contributed by atoms with Crippen molar-refractivity contribution in [2.75, 3.05) is 0 Å². The molecule has 1 fully saturated rings. The molecule has 2 aliphatic rings. The summed E-state index contributed by atoms with van der Waals surface area (Å²) in [5.74, 6) is -3.08. The van der Waals surface area contributed by atoms with Crippen LogP contribution in [0.15, 0.2) is 18.2 Å². The molecule has 0 unspecified atom stereocenters. The first kappa shape index (κ1) is 12.9. The molecule has 2 nitrogen and oxygen atoms in total. The Hall–Kier alpha value is -1.16. The summed E-state index contributed by atoms with van der Waals surface area (Å²) in [5, 5.41) is 3.30. The molecule has 1 saturated carbocycles. The van der Waals surface area contributed by atoms with Gasteiger partial charge in [0.25, 0.3) is 5.92 Å². The number of halogens is 3. The molecule has 1 aromatic carbocycles. The Bertz CT molecular complexity index is 524. The molecular formula is C14H14ClF2NO. The second-order valence-electron chi connectivity index (χ2n) is 5.37. The van der Waals surface area contributed by atoms with Gasteiger partial charge in [0.2, 0.25) is 5.91 Å². The minimum atomic E-state index is -2.61. The average Bonchev–Trinajstić information content (AvgIpc) is 2.71. The fraction of sp³-hybridized carbons (Fsp3) is 0.500. The van der Waals surface area contributed by atoms with Gasteiger partial charge in [0.1, 0.15) is 0 Å². The Morgan fingerprint density at radius 3 is 2.79 bits per heavy atom. The number of hydrogen-bond acceptors (Lipinski definition) is 1. The largest absolute Gasteiger partial charge is 0.352 e. The van der Waals surface area contributed by atoms with Crippen LogP contribution in [-0.2, 0) is 11.2 Å². The van der Waals surface area contributed by atoms with Crippen LogP contribution >= 0.6 is 11.6 Å². The van der Waals surface area contributed by atoms with Crippen LogP contribution in [0.4, 0.5) is 8.78 Å². The molecule has 1 N–H and O–H groups in total. The molecule has 1 aromatic rings. The minimum absolute atomic E-state index is 0.174. The van der Waals surface area contributed by atoms with Gasteiger partial charge < -0.3 is 5.32 Å². The lowest BCUT2D eigenvalue weighted by atomic mass is 9.87. The SMILES string of the molecule is O=C(NC1CC(F)(F)C1)[C@H]1CCc2cccc(Cl)c21. The molecule has 0 aromatic heterocycles. The lowest BCUT2D eigenvalue weighted by Gasteiger charge is -2.36. The van der Waals surface area contributed by atoms with Crippen LogP contribution in [-0.4, -0.2) is 17.9 Å². The van der Waals surface area contributed by atoms with Crippen molar-refractivity contribution in [2.24, 2.45) is 0 Å². The third kappa shape index (κ3) is 2.34. The van der Waals surface area contributed by atoms with E-state index >= 15 is 0 Å². The van der Waals surface area contributed by atoms with Gasteiger partial charge in [-0.2, -0.15) is 0 Å². The molecule has 19 heavy (non-hydrogen) atoms. The second-order valence-corrected chi connectivity index (χ2v) is 5.78. The highest BCUT2D eigenvalue weighted by Crippen LogP contribution is 2.40. The highest BCUT2D eigenvalue weighted by atomic mass is 35.5. The smallest absolute Gasteiger partial charge is 0.252 e. The first-order chi connectivity index (χ1) is 8.96. The highest BCUT2D eigenvalue weighted by molar-refractivity contribution is 6.31. The summed E-state index contributed by atoms with van der Waals surface area (Å²) in [7, 11) is 0. The highest BCUT2D eigenvalue weighted by Gasteiger charge is 2.46. The Balaban J connectivity index is 1.70. The molecule has 0 saturated heterocycles. The molecule has 102 valence electrons. The number of rotatable bonds is 2. The molecule has 5 heteroatoms. The van der Waals surface area contributed by atoms with Crippen LogP contribution in [0.2, 0.25) is 5.02 Å². The molecule has 3 rings (SSSR count). The summed E-state index contributed by atoms with van der Waals surface area (Å²) in [4.78, 5) is 12.2. The van der Waals surface area contributed by atoms with Gasteiger partial charge in [-0.25, -0.2) is 8.78 Å². The summed E-state index contributed by atoms with van der Waals surface area (Å²) < 4.78 is 25.5. The molecule has 0 aliphatic heterocycles. The van der Waals surface area contributed by atoms with E-state index in [1.54, 1.807) is 6.07 Å². The second kappa shape index (κ2) is 4.44. The zero-order chi connectivity index (χ0) is 13.6. The fourth-order valence-electron chi connectivity index (χ4n) is 2.96. The molecule has 0 spiro atoms. The fourth-order valence-corrected chi connectivity index (χ4v) is 3.29. The topological polar surface area (TPSA) is 29.1 Å². The van der Waals surface area contributed by atoms with Gasteiger partial charge in [0.05, 0.1) is 5.92 Å². The summed E-state index contributed by atoms with van der Waals surface area (Å²) in [6.45, 7) is 0. The van der Waals surface area contributed by atoms with E-state index < -0.39 is 12.0 Å². The lowest BCUT2D eigenvalue weighted by Crippen LogP contribution is -2.51. The van der Waals surface area contributed by atoms with Gasteiger partial charge in [0, 0.05) is 23.9 Å². The maximum Gasteiger partial charge on any atom is 0.252 e. The monoisotopic (exact) mass is 285 g/mol. The van der Waals surface area contributed by atoms with Crippen LogP contribution in [0.1, 0.15) is 36.3 Å². The normalized spacial score (nSPS) is 24.7. The van der Waals surface area contributed by atoms with Crippen LogP contribution < -0.4 is 5.32 Å². The van der Waals surface area contributed by atoms with Crippen molar-refractivity contribution in [3.63, 3.8) is 0 Å². The van der Waals surface area contributed by atoms with E-state index in [1.165, 1.54) is 0 Å². The standard InChI is InChI=1S/C14H14ClF2NO/c15-11-3-1-2-8-4-5-10(12(8)11)13(19)18-9-6-14(16,17)7-9/h1-3,9-10H,4-7H2,(H,18,19)/t10-/m0/s1. The Morgan fingerprint density at radius 1 is 1.37 bits per heavy atom. The maximum atomic E-state index is 12.7.